The molecule has 0 spiro atoms. The largest absolute Gasteiger partial charge is 0.226 e. The molecule has 0 radical (unpaired) electrons. The second kappa shape index (κ2) is 12.3. The zero-order valence-corrected chi connectivity index (χ0v) is 27.0. The molecule has 0 aliphatic rings. The molecule has 5 nitrogen and oxygen atoms in total. The highest BCUT2D eigenvalue weighted by Gasteiger charge is 2.19. The lowest BCUT2D eigenvalue weighted by Gasteiger charge is -2.12. The first-order chi connectivity index (χ1) is 24.3. The Morgan fingerprint density at radius 2 is 0.857 bits per heavy atom. The molecular formula is C43H27N5S. The van der Waals surface area contributed by atoms with E-state index < -0.39 is 0 Å². The molecule has 0 saturated heterocycles. The van der Waals surface area contributed by atoms with Gasteiger partial charge in [-0.25, -0.2) is 24.9 Å². The average molecular weight is 646 g/mol. The van der Waals surface area contributed by atoms with E-state index in [4.69, 9.17) is 24.9 Å². The maximum Gasteiger partial charge on any atom is 0.164 e. The van der Waals surface area contributed by atoms with Crippen LogP contribution in [0.4, 0.5) is 0 Å². The Kier molecular flexibility index (Phi) is 7.26. The van der Waals surface area contributed by atoms with Crippen molar-refractivity contribution in [1.82, 2.24) is 24.9 Å². The van der Waals surface area contributed by atoms with Crippen molar-refractivity contribution in [3.63, 3.8) is 0 Å². The second-order valence-corrected chi connectivity index (χ2v) is 12.8. The molecule has 0 atom stereocenters. The van der Waals surface area contributed by atoms with Crippen LogP contribution in [0, 0.1) is 0 Å². The summed E-state index contributed by atoms with van der Waals surface area (Å²) in [6.45, 7) is 0. The molecule has 0 N–H and O–H groups in total. The van der Waals surface area contributed by atoms with Crippen LogP contribution in [-0.2, 0) is 0 Å². The number of hydrogen-bond donors (Lipinski definition) is 0. The van der Waals surface area contributed by atoms with Gasteiger partial charge >= 0.3 is 0 Å². The smallest absolute Gasteiger partial charge is 0.164 e. The van der Waals surface area contributed by atoms with Crippen LogP contribution in [0.25, 0.3) is 88.2 Å². The summed E-state index contributed by atoms with van der Waals surface area (Å²) in [5, 5.41) is 1.13. The summed E-state index contributed by atoms with van der Waals surface area (Å²) in [6, 6.07) is 55.7. The Hall–Kier alpha value is -6.37. The number of fused-ring (bicyclic) bond motifs is 3. The maximum absolute atomic E-state index is 5.19. The van der Waals surface area contributed by atoms with Gasteiger partial charge in [-0.15, -0.1) is 11.3 Å². The van der Waals surface area contributed by atoms with E-state index in [1.54, 1.807) is 11.3 Å². The van der Waals surface area contributed by atoms with Gasteiger partial charge in [-0.2, -0.15) is 0 Å². The van der Waals surface area contributed by atoms with E-state index in [0.29, 0.717) is 23.3 Å². The van der Waals surface area contributed by atoms with Crippen molar-refractivity contribution in [2.45, 2.75) is 0 Å². The lowest BCUT2D eigenvalue weighted by atomic mass is 9.99. The number of benzene rings is 6. The zero-order chi connectivity index (χ0) is 32.6. The minimum Gasteiger partial charge on any atom is -0.226 e. The summed E-state index contributed by atoms with van der Waals surface area (Å²) in [6.07, 6.45) is 0. The Bertz CT molecular complexity index is 2600. The van der Waals surface area contributed by atoms with E-state index in [2.05, 4.69) is 103 Å². The molecule has 3 aromatic heterocycles. The van der Waals surface area contributed by atoms with Gasteiger partial charge in [0.15, 0.2) is 23.3 Å². The first-order valence-corrected chi connectivity index (χ1v) is 16.9. The van der Waals surface area contributed by atoms with Crippen molar-refractivity contribution in [2.75, 3.05) is 0 Å². The molecule has 0 aliphatic carbocycles. The van der Waals surface area contributed by atoms with Gasteiger partial charge in [-0.1, -0.05) is 152 Å². The van der Waals surface area contributed by atoms with Gasteiger partial charge in [0.25, 0.3) is 0 Å². The van der Waals surface area contributed by atoms with Crippen molar-refractivity contribution >= 4 is 31.6 Å². The Morgan fingerprint density at radius 1 is 0.347 bits per heavy atom. The average Bonchev–Trinajstić information content (AvgIpc) is 3.57. The van der Waals surface area contributed by atoms with Crippen LogP contribution in [0.1, 0.15) is 0 Å². The lowest BCUT2D eigenvalue weighted by molar-refractivity contribution is 1.07. The Labute approximate surface area is 287 Å². The molecule has 230 valence electrons. The van der Waals surface area contributed by atoms with E-state index in [9.17, 15) is 0 Å². The molecule has 0 aliphatic heterocycles. The third-order valence-electron chi connectivity index (χ3n) is 8.57. The fourth-order valence-corrected chi connectivity index (χ4v) is 7.35. The summed E-state index contributed by atoms with van der Waals surface area (Å²) in [5.41, 5.74) is 8.72. The third-order valence-corrected chi connectivity index (χ3v) is 9.73. The van der Waals surface area contributed by atoms with Gasteiger partial charge in [-0.05, 0) is 23.3 Å². The summed E-state index contributed by atoms with van der Waals surface area (Å²) in [4.78, 5) is 25.5. The molecule has 0 saturated carbocycles. The molecule has 6 heteroatoms. The Balaban J connectivity index is 1.24. The van der Waals surface area contributed by atoms with E-state index in [1.165, 1.54) is 4.70 Å². The van der Waals surface area contributed by atoms with Crippen LogP contribution in [-0.4, -0.2) is 24.9 Å². The van der Waals surface area contributed by atoms with Crippen molar-refractivity contribution in [2.24, 2.45) is 0 Å². The number of hydrogen-bond acceptors (Lipinski definition) is 6. The fraction of sp³-hybridized carbons (Fsp3) is 0. The van der Waals surface area contributed by atoms with Gasteiger partial charge in [0.05, 0.1) is 15.9 Å². The number of nitrogens with zero attached hydrogens (tertiary/aromatic N) is 5. The van der Waals surface area contributed by atoms with Crippen LogP contribution in [0.15, 0.2) is 164 Å². The predicted molar refractivity (Wildman–Crippen MR) is 201 cm³/mol. The quantitative estimate of drug-likeness (QED) is 0.180. The van der Waals surface area contributed by atoms with Gasteiger partial charge in [-0.3, -0.25) is 0 Å². The molecule has 0 fully saturated rings. The van der Waals surface area contributed by atoms with Crippen LogP contribution in [0.5, 0.6) is 0 Å². The first kappa shape index (κ1) is 28.8. The van der Waals surface area contributed by atoms with Gasteiger partial charge in [0, 0.05) is 37.9 Å². The summed E-state index contributed by atoms with van der Waals surface area (Å²) < 4.78 is 2.23. The zero-order valence-electron chi connectivity index (χ0n) is 26.2. The number of aromatic nitrogens is 5. The minimum atomic E-state index is 0.596. The second-order valence-electron chi connectivity index (χ2n) is 11.7. The Morgan fingerprint density at radius 3 is 1.57 bits per heavy atom. The van der Waals surface area contributed by atoms with Gasteiger partial charge in [0.2, 0.25) is 0 Å². The maximum atomic E-state index is 5.19. The van der Waals surface area contributed by atoms with Crippen LogP contribution >= 0.6 is 11.3 Å². The number of thiophene rings is 1. The summed E-state index contributed by atoms with van der Waals surface area (Å²) in [5.74, 6) is 2.53. The van der Waals surface area contributed by atoms with Gasteiger partial charge in [0.1, 0.15) is 0 Å². The number of rotatable bonds is 6. The first-order valence-electron chi connectivity index (χ1n) is 16.1. The van der Waals surface area contributed by atoms with Crippen molar-refractivity contribution in [1.29, 1.82) is 0 Å². The highest BCUT2D eigenvalue weighted by Crippen LogP contribution is 2.40. The predicted octanol–water partition coefficient (Wildman–Crippen LogP) is 11.0. The SMILES string of the molecule is c1ccc(-c2nc(-c3cccc(-c4nc(-c5ccccc5)nc5c4sc4ccccc45)c3)nc(-c3ccccc3-c3ccccc3)n2)cc1. The van der Waals surface area contributed by atoms with Crippen molar-refractivity contribution in [3.8, 4) is 67.9 Å². The van der Waals surface area contributed by atoms with Crippen molar-refractivity contribution < 1.29 is 0 Å². The molecular weight excluding hydrogens is 619 g/mol. The van der Waals surface area contributed by atoms with Crippen LogP contribution in [0.3, 0.4) is 0 Å². The molecule has 9 aromatic rings. The topological polar surface area (TPSA) is 64.5 Å². The van der Waals surface area contributed by atoms with E-state index in [-0.39, 0.29) is 0 Å². The van der Waals surface area contributed by atoms with E-state index >= 15 is 0 Å². The summed E-state index contributed by atoms with van der Waals surface area (Å²) in [7, 11) is 0. The molecule has 9 rings (SSSR count). The van der Waals surface area contributed by atoms with Crippen molar-refractivity contribution in [3.05, 3.63) is 164 Å². The monoisotopic (exact) mass is 645 g/mol. The fourth-order valence-electron chi connectivity index (χ4n) is 6.20. The highest BCUT2D eigenvalue weighted by molar-refractivity contribution is 7.26. The van der Waals surface area contributed by atoms with Gasteiger partial charge < -0.3 is 0 Å². The lowest BCUT2D eigenvalue weighted by Crippen LogP contribution is -2.01. The molecule has 3 heterocycles. The molecule has 0 unspecified atom stereocenters. The highest BCUT2D eigenvalue weighted by atomic mass is 32.1. The van der Waals surface area contributed by atoms with Crippen LogP contribution in [0.2, 0.25) is 0 Å². The minimum absolute atomic E-state index is 0.596. The standard InChI is InChI=1S/C43H27N5S/c1-4-15-28(16-5-1)33-23-10-11-24-34(33)43-47-41(30-19-8-3-9-20-30)46-42(48-43)32-22-14-21-31(27-32)37-39-38(35-25-12-13-26-36(35)49-39)45-40(44-37)29-17-6-2-7-18-29/h1-27H. The normalized spacial score (nSPS) is 11.3. The molecule has 49 heavy (non-hydrogen) atoms. The van der Waals surface area contributed by atoms with E-state index in [0.717, 1.165) is 60.2 Å². The summed E-state index contributed by atoms with van der Waals surface area (Å²) >= 11 is 1.72. The molecule has 6 aromatic carbocycles. The molecule has 0 amide bonds. The van der Waals surface area contributed by atoms with E-state index in [1.807, 2.05) is 60.7 Å². The van der Waals surface area contributed by atoms with Crippen LogP contribution < -0.4 is 0 Å². The molecule has 0 bridgehead atoms. The third kappa shape index (κ3) is 5.44.